The normalized spacial score (nSPS) is 12.3. The van der Waals surface area contributed by atoms with E-state index in [4.69, 9.17) is 4.74 Å². The molecule has 0 heterocycles. The fourth-order valence-electron chi connectivity index (χ4n) is 3.15. The zero-order valence-corrected chi connectivity index (χ0v) is 16.2. The van der Waals surface area contributed by atoms with Crippen LogP contribution in [-0.4, -0.2) is 43.4 Å². The summed E-state index contributed by atoms with van der Waals surface area (Å²) in [6.45, 7) is 0.954. The van der Waals surface area contributed by atoms with Crippen molar-refractivity contribution in [1.29, 1.82) is 0 Å². The molecule has 2 aromatic carbocycles. The molecule has 0 saturated heterocycles. The fraction of sp³-hybridized carbons (Fsp3) is 0.478. The quantitative estimate of drug-likeness (QED) is 0.575. The second-order valence-electron chi connectivity index (χ2n) is 7.23. The van der Waals surface area contributed by atoms with Gasteiger partial charge in [0.25, 0.3) is 0 Å². The molecule has 0 aliphatic heterocycles. The third-order valence-corrected chi connectivity index (χ3v) is 4.48. The minimum Gasteiger partial charge on any atom is -0.491 e. The van der Waals surface area contributed by atoms with Crippen molar-refractivity contribution in [3.05, 3.63) is 65.7 Å². The Morgan fingerprint density at radius 3 is 2.23 bits per heavy atom. The van der Waals surface area contributed by atoms with Gasteiger partial charge in [-0.3, -0.25) is 0 Å². The lowest BCUT2D eigenvalue weighted by atomic mass is 10.0. The Hall–Kier alpha value is -1.84. The van der Waals surface area contributed by atoms with Crippen LogP contribution < -0.4 is 4.74 Å². The first-order valence-corrected chi connectivity index (χ1v) is 9.72. The molecule has 0 spiro atoms. The zero-order valence-electron chi connectivity index (χ0n) is 16.2. The van der Waals surface area contributed by atoms with Crippen LogP contribution in [0, 0.1) is 0 Å². The molecule has 3 heteroatoms. The number of para-hydroxylation sites is 1. The fourth-order valence-corrected chi connectivity index (χ4v) is 3.15. The maximum absolute atomic E-state index is 9.97. The molecule has 1 unspecified atom stereocenters. The molecule has 0 aliphatic carbocycles. The lowest BCUT2D eigenvalue weighted by Gasteiger charge is -2.18. The van der Waals surface area contributed by atoms with E-state index in [0.717, 1.165) is 12.2 Å². The van der Waals surface area contributed by atoms with Crippen LogP contribution in [0.1, 0.15) is 36.8 Å². The van der Waals surface area contributed by atoms with Crippen molar-refractivity contribution in [2.45, 2.75) is 44.6 Å². The van der Waals surface area contributed by atoms with Crippen molar-refractivity contribution < 1.29 is 9.84 Å². The maximum Gasteiger partial charge on any atom is 0.122 e. The first-order valence-electron chi connectivity index (χ1n) is 9.72. The second-order valence-corrected chi connectivity index (χ2v) is 7.23. The molecule has 0 bridgehead atoms. The van der Waals surface area contributed by atoms with E-state index in [2.05, 4.69) is 42.5 Å². The van der Waals surface area contributed by atoms with Crippen LogP contribution in [0.3, 0.4) is 0 Å². The predicted octanol–water partition coefficient (Wildman–Crippen LogP) is 4.33. The first-order chi connectivity index (χ1) is 12.6. The summed E-state index contributed by atoms with van der Waals surface area (Å²) >= 11 is 0. The molecule has 26 heavy (non-hydrogen) atoms. The van der Waals surface area contributed by atoms with Crippen molar-refractivity contribution in [1.82, 2.24) is 4.90 Å². The summed E-state index contributed by atoms with van der Waals surface area (Å²) in [7, 11) is 3.91. The molecule has 0 amide bonds. The molecule has 3 nitrogen and oxygen atoms in total. The number of nitrogens with zero attached hydrogens (tertiary/aromatic N) is 1. The zero-order chi connectivity index (χ0) is 18.6. The largest absolute Gasteiger partial charge is 0.491 e. The summed E-state index contributed by atoms with van der Waals surface area (Å²) in [5, 5.41) is 9.97. The Labute approximate surface area is 158 Å². The van der Waals surface area contributed by atoms with E-state index >= 15 is 0 Å². The van der Waals surface area contributed by atoms with Gasteiger partial charge >= 0.3 is 0 Å². The molecule has 1 N–H and O–H groups in total. The molecule has 0 aliphatic rings. The molecule has 0 radical (unpaired) electrons. The number of likely N-dealkylation sites (N-methyl/N-ethyl adjacent to an activating group) is 1. The van der Waals surface area contributed by atoms with Crippen molar-refractivity contribution in [3.8, 4) is 5.75 Å². The van der Waals surface area contributed by atoms with E-state index in [0.29, 0.717) is 13.2 Å². The summed E-state index contributed by atoms with van der Waals surface area (Å²) in [4.78, 5) is 1.97. The van der Waals surface area contributed by atoms with Gasteiger partial charge in [-0.2, -0.15) is 0 Å². The molecule has 0 aromatic heterocycles. The lowest BCUT2D eigenvalue weighted by molar-refractivity contribution is 0.0827. The van der Waals surface area contributed by atoms with Gasteiger partial charge in [0.05, 0.1) is 0 Å². The van der Waals surface area contributed by atoms with Gasteiger partial charge in [-0.1, -0.05) is 61.4 Å². The highest BCUT2D eigenvalue weighted by molar-refractivity contribution is 5.33. The Morgan fingerprint density at radius 1 is 0.846 bits per heavy atom. The van der Waals surface area contributed by atoms with Gasteiger partial charge in [0, 0.05) is 6.54 Å². The molecular weight excluding hydrogens is 322 g/mol. The molecule has 0 fully saturated rings. The van der Waals surface area contributed by atoms with Crippen LogP contribution in [0.25, 0.3) is 0 Å². The smallest absolute Gasteiger partial charge is 0.122 e. The van der Waals surface area contributed by atoms with E-state index in [9.17, 15) is 5.11 Å². The average Bonchev–Trinajstić information content (AvgIpc) is 2.64. The Morgan fingerprint density at radius 2 is 1.50 bits per heavy atom. The number of unbranched alkanes of at least 4 members (excludes halogenated alkanes) is 3. The Bertz CT molecular complexity index is 613. The highest BCUT2D eigenvalue weighted by atomic mass is 16.5. The number of aryl methyl sites for hydroxylation is 2. The van der Waals surface area contributed by atoms with Crippen LogP contribution >= 0.6 is 0 Å². The van der Waals surface area contributed by atoms with Gasteiger partial charge in [-0.05, 0) is 57.0 Å². The minimum atomic E-state index is -0.462. The number of benzene rings is 2. The van der Waals surface area contributed by atoms with Crippen LogP contribution in [0.15, 0.2) is 54.6 Å². The molecule has 1 atom stereocenters. The molecule has 142 valence electrons. The van der Waals surface area contributed by atoms with Gasteiger partial charge in [0.1, 0.15) is 18.5 Å². The first kappa shape index (κ1) is 20.5. The SMILES string of the molecule is CN(C)CC(O)COc1ccccc1CCCCCCc1ccccc1. The monoisotopic (exact) mass is 355 g/mol. The van der Waals surface area contributed by atoms with E-state index < -0.39 is 6.10 Å². The second kappa shape index (κ2) is 11.7. The minimum absolute atomic E-state index is 0.340. The summed E-state index contributed by atoms with van der Waals surface area (Å²) < 4.78 is 5.86. The van der Waals surface area contributed by atoms with Crippen LogP contribution in [-0.2, 0) is 12.8 Å². The number of hydrogen-bond donors (Lipinski definition) is 1. The standard InChI is InChI=1S/C23H33NO2/c1-24(2)18-22(25)19-26-23-17-11-10-16-21(23)15-9-4-3-6-12-20-13-7-5-8-14-20/h5,7-8,10-11,13-14,16-17,22,25H,3-4,6,9,12,15,18-19H2,1-2H3. The summed E-state index contributed by atoms with van der Waals surface area (Å²) in [6.07, 6.45) is 6.67. The molecular formula is C23H33NO2. The van der Waals surface area contributed by atoms with E-state index in [-0.39, 0.29) is 0 Å². The van der Waals surface area contributed by atoms with Gasteiger partial charge in [-0.25, -0.2) is 0 Å². The summed E-state index contributed by atoms with van der Waals surface area (Å²) in [5.41, 5.74) is 2.68. The molecule has 0 saturated carbocycles. The number of hydrogen-bond acceptors (Lipinski definition) is 3. The Kier molecular flexibility index (Phi) is 9.22. The Balaban J connectivity index is 1.67. The van der Waals surface area contributed by atoms with Gasteiger partial charge in [-0.15, -0.1) is 0 Å². The number of aliphatic hydroxyl groups is 1. The lowest BCUT2D eigenvalue weighted by Crippen LogP contribution is -2.30. The molecule has 2 rings (SSSR count). The van der Waals surface area contributed by atoms with Gasteiger partial charge in [0.2, 0.25) is 0 Å². The number of rotatable bonds is 12. The van der Waals surface area contributed by atoms with E-state index in [1.54, 1.807) is 0 Å². The van der Waals surface area contributed by atoms with E-state index in [1.807, 2.05) is 31.1 Å². The molecule has 2 aromatic rings. The van der Waals surface area contributed by atoms with Crippen LogP contribution in [0.5, 0.6) is 5.75 Å². The number of aliphatic hydroxyl groups excluding tert-OH is 1. The third-order valence-electron chi connectivity index (χ3n) is 4.48. The van der Waals surface area contributed by atoms with Crippen molar-refractivity contribution in [3.63, 3.8) is 0 Å². The number of ether oxygens (including phenoxy) is 1. The predicted molar refractivity (Wildman–Crippen MR) is 109 cm³/mol. The van der Waals surface area contributed by atoms with Crippen LogP contribution in [0.2, 0.25) is 0 Å². The van der Waals surface area contributed by atoms with Gasteiger partial charge in [0.15, 0.2) is 0 Å². The highest BCUT2D eigenvalue weighted by Crippen LogP contribution is 2.21. The highest BCUT2D eigenvalue weighted by Gasteiger charge is 2.09. The average molecular weight is 356 g/mol. The van der Waals surface area contributed by atoms with E-state index in [1.165, 1.54) is 43.2 Å². The van der Waals surface area contributed by atoms with Crippen LogP contribution in [0.4, 0.5) is 0 Å². The summed E-state index contributed by atoms with van der Waals surface area (Å²) in [6, 6.07) is 18.9. The summed E-state index contributed by atoms with van der Waals surface area (Å²) in [5.74, 6) is 0.912. The van der Waals surface area contributed by atoms with Crippen molar-refractivity contribution in [2.24, 2.45) is 0 Å². The van der Waals surface area contributed by atoms with Crippen molar-refractivity contribution >= 4 is 0 Å². The third kappa shape index (κ3) is 8.03. The topological polar surface area (TPSA) is 32.7 Å². The van der Waals surface area contributed by atoms with Gasteiger partial charge < -0.3 is 14.7 Å². The maximum atomic E-state index is 9.97. The van der Waals surface area contributed by atoms with Crippen molar-refractivity contribution in [2.75, 3.05) is 27.2 Å².